The van der Waals surface area contributed by atoms with E-state index >= 15 is 0 Å². The van der Waals surface area contributed by atoms with Crippen molar-refractivity contribution in [1.82, 2.24) is 20.4 Å². The highest BCUT2D eigenvalue weighted by Gasteiger charge is 2.34. The maximum Gasteiger partial charge on any atom is 0.251 e. The summed E-state index contributed by atoms with van der Waals surface area (Å²) in [6, 6.07) is 0. The lowest BCUT2D eigenvalue weighted by Crippen LogP contribution is -2.56. The fraction of sp³-hybridized carbons (Fsp3) is 0.769. The molecular formula is C13H19F2N5O2S. The number of likely N-dealkylation sites (tertiary alicyclic amines) is 1. The summed E-state index contributed by atoms with van der Waals surface area (Å²) < 4.78 is 30.1. The molecule has 2 aliphatic heterocycles. The highest BCUT2D eigenvalue weighted by atomic mass is 32.1. The number of amides is 1. The van der Waals surface area contributed by atoms with Gasteiger partial charge in [-0.15, -0.1) is 10.2 Å². The van der Waals surface area contributed by atoms with E-state index in [4.69, 9.17) is 4.74 Å². The Morgan fingerprint density at radius 1 is 1.48 bits per heavy atom. The molecule has 2 aliphatic rings. The van der Waals surface area contributed by atoms with Gasteiger partial charge in [0.25, 0.3) is 6.43 Å². The third-order valence-electron chi connectivity index (χ3n) is 3.99. The molecule has 3 rings (SSSR count). The van der Waals surface area contributed by atoms with E-state index in [-0.39, 0.29) is 24.5 Å². The summed E-state index contributed by atoms with van der Waals surface area (Å²) in [5.41, 5.74) is 1.68. The van der Waals surface area contributed by atoms with Crippen molar-refractivity contribution < 1.29 is 18.3 Å². The number of nitrogens with one attached hydrogen (secondary N) is 1. The first-order chi connectivity index (χ1) is 11.1. The Morgan fingerprint density at radius 3 is 3.00 bits per heavy atom. The number of alkyl halides is 2. The molecule has 2 fully saturated rings. The number of morpholine rings is 1. The van der Waals surface area contributed by atoms with Crippen LogP contribution in [0.15, 0.2) is 5.51 Å². The lowest BCUT2D eigenvalue weighted by molar-refractivity contribution is -0.131. The average Bonchev–Trinajstić information content (AvgIpc) is 3.02. The highest BCUT2D eigenvalue weighted by Crippen LogP contribution is 2.19. The van der Waals surface area contributed by atoms with Gasteiger partial charge < -0.3 is 15.0 Å². The number of carbonyl (C=O) groups is 1. The van der Waals surface area contributed by atoms with Gasteiger partial charge in [0.2, 0.25) is 11.0 Å². The van der Waals surface area contributed by atoms with Gasteiger partial charge in [-0.1, -0.05) is 11.3 Å². The molecule has 1 unspecified atom stereocenters. The zero-order chi connectivity index (χ0) is 16.2. The Balaban J connectivity index is 1.38. The Labute approximate surface area is 136 Å². The number of nitrogens with zero attached hydrogens (tertiary/aromatic N) is 4. The monoisotopic (exact) mass is 347 g/mol. The second-order valence-corrected chi connectivity index (χ2v) is 6.52. The first-order valence-electron chi connectivity index (χ1n) is 7.52. The van der Waals surface area contributed by atoms with Gasteiger partial charge in [0.05, 0.1) is 25.2 Å². The number of aromatic nitrogens is 2. The minimum Gasteiger partial charge on any atom is -0.373 e. The third-order valence-corrected chi connectivity index (χ3v) is 4.74. The van der Waals surface area contributed by atoms with Gasteiger partial charge in [-0.2, -0.15) is 0 Å². The number of halogens is 2. The van der Waals surface area contributed by atoms with Crippen LogP contribution >= 0.6 is 11.3 Å². The van der Waals surface area contributed by atoms with Crippen LogP contribution in [0.3, 0.4) is 0 Å². The van der Waals surface area contributed by atoms with E-state index in [9.17, 15) is 13.6 Å². The zero-order valence-corrected chi connectivity index (χ0v) is 13.3. The summed E-state index contributed by atoms with van der Waals surface area (Å²) in [6.45, 7) is 2.94. The summed E-state index contributed by atoms with van der Waals surface area (Å²) in [7, 11) is 0. The topological polar surface area (TPSA) is 70.6 Å². The molecule has 0 aliphatic carbocycles. The van der Waals surface area contributed by atoms with E-state index in [1.54, 1.807) is 10.4 Å². The van der Waals surface area contributed by atoms with Crippen molar-refractivity contribution in [1.29, 1.82) is 0 Å². The molecule has 10 heteroatoms. The van der Waals surface area contributed by atoms with E-state index in [0.29, 0.717) is 32.8 Å². The molecule has 0 radical (unpaired) electrons. The molecule has 1 amide bonds. The van der Waals surface area contributed by atoms with Crippen LogP contribution in [-0.2, 0) is 9.53 Å². The van der Waals surface area contributed by atoms with Gasteiger partial charge in [-0.3, -0.25) is 9.69 Å². The Morgan fingerprint density at radius 2 is 2.30 bits per heavy atom. The maximum absolute atomic E-state index is 12.2. The predicted molar refractivity (Wildman–Crippen MR) is 80.8 cm³/mol. The number of rotatable bonds is 6. The summed E-state index contributed by atoms with van der Waals surface area (Å²) in [5, 5.41) is 11.6. The number of carbonyl (C=O) groups excluding carboxylic acids is 1. The fourth-order valence-electron chi connectivity index (χ4n) is 2.76. The SMILES string of the molecule is O=C(NCC1CN(c2nncs2)CCO1)C1CN(CC(F)F)C1. The Kier molecular flexibility index (Phi) is 5.34. The summed E-state index contributed by atoms with van der Waals surface area (Å²) in [5.74, 6) is -0.288. The van der Waals surface area contributed by atoms with E-state index in [2.05, 4.69) is 20.4 Å². The number of anilines is 1. The van der Waals surface area contributed by atoms with Gasteiger partial charge >= 0.3 is 0 Å². The minimum atomic E-state index is -2.35. The van der Waals surface area contributed by atoms with Crippen molar-refractivity contribution in [2.75, 3.05) is 50.8 Å². The van der Waals surface area contributed by atoms with Gasteiger partial charge in [0, 0.05) is 32.7 Å². The van der Waals surface area contributed by atoms with Gasteiger partial charge in [0.15, 0.2) is 0 Å². The van der Waals surface area contributed by atoms with E-state index < -0.39 is 6.43 Å². The molecule has 23 heavy (non-hydrogen) atoms. The molecule has 1 aromatic rings. The largest absolute Gasteiger partial charge is 0.373 e. The van der Waals surface area contributed by atoms with E-state index in [1.165, 1.54) is 11.3 Å². The lowest BCUT2D eigenvalue weighted by Gasteiger charge is -2.38. The molecule has 0 saturated carbocycles. The molecule has 1 N–H and O–H groups in total. The molecular weight excluding hydrogens is 328 g/mol. The number of hydrogen-bond acceptors (Lipinski definition) is 7. The van der Waals surface area contributed by atoms with Crippen molar-refractivity contribution >= 4 is 22.4 Å². The molecule has 0 spiro atoms. The average molecular weight is 347 g/mol. The van der Waals surface area contributed by atoms with Crippen molar-refractivity contribution in [3.63, 3.8) is 0 Å². The van der Waals surface area contributed by atoms with Crippen LogP contribution in [0.25, 0.3) is 0 Å². The molecule has 0 bridgehead atoms. The van der Waals surface area contributed by atoms with Gasteiger partial charge in [-0.05, 0) is 0 Å². The standard InChI is InChI=1S/C13H19F2N5O2S/c14-11(15)7-19-4-9(5-19)12(21)16-3-10-6-20(1-2-22-10)13-18-17-8-23-13/h8-11H,1-7H2,(H,16,21). The van der Waals surface area contributed by atoms with Crippen LogP contribution in [0, 0.1) is 5.92 Å². The number of ether oxygens (including phenoxy) is 1. The Hall–Kier alpha value is -1.39. The van der Waals surface area contributed by atoms with E-state index in [1.807, 2.05) is 0 Å². The van der Waals surface area contributed by atoms with Crippen LogP contribution < -0.4 is 10.2 Å². The summed E-state index contributed by atoms with van der Waals surface area (Å²) in [6.07, 6.45) is -2.45. The van der Waals surface area contributed by atoms with Crippen LogP contribution in [0.2, 0.25) is 0 Å². The quantitative estimate of drug-likeness (QED) is 0.785. The fourth-order valence-corrected chi connectivity index (χ4v) is 3.36. The highest BCUT2D eigenvalue weighted by molar-refractivity contribution is 7.13. The molecule has 2 saturated heterocycles. The zero-order valence-electron chi connectivity index (χ0n) is 12.5. The first kappa shape index (κ1) is 16.5. The molecule has 3 heterocycles. The first-order valence-corrected chi connectivity index (χ1v) is 8.40. The smallest absolute Gasteiger partial charge is 0.251 e. The van der Waals surface area contributed by atoms with Crippen molar-refractivity contribution in [2.45, 2.75) is 12.5 Å². The van der Waals surface area contributed by atoms with Crippen LogP contribution in [0.5, 0.6) is 0 Å². The third kappa shape index (κ3) is 4.33. The van der Waals surface area contributed by atoms with Crippen molar-refractivity contribution in [2.24, 2.45) is 5.92 Å². The van der Waals surface area contributed by atoms with Gasteiger partial charge in [-0.25, -0.2) is 8.78 Å². The van der Waals surface area contributed by atoms with E-state index in [0.717, 1.165) is 11.7 Å². The minimum absolute atomic E-state index is 0.0906. The second-order valence-electron chi connectivity index (χ2n) is 5.71. The van der Waals surface area contributed by atoms with Crippen LogP contribution in [0.1, 0.15) is 0 Å². The summed E-state index contributed by atoms with van der Waals surface area (Å²) in [4.78, 5) is 15.7. The van der Waals surface area contributed by atoms with Crippen LogP contribution in [-0.4, -0.2) is 79.4 Å². The molecule has 1 aromatic heterocycles. The van der Waals surface area contributed by atoms with Crippen molar-refractivity contribution in [3.05, 3.63) is 5.51 Å². The van der Waals surface area contributed by atoms with Gasteiger partial charge in [0.1, 0.15) is 5.51 Å². The second kappa shape index (κ2) is 7.45. The molecule has 128 valence electrons. The maximum atomic E-state index is 12.2. The molecule has 1 atom stereocenters. The number of hydrogen-bond donors (Lipinski definition) is 1. The Bertz CT molecular complexity index is 512. The molecule has 0 aromatic carbocycles. The molecule has 7 nitrogen and oxygen atoms in total. The summed E-state index contributed by atoms with van der Waals surface area (Å²) >= 11 is 1.47. The van der Waals surface area contributed by atoms with Crippen molar-refractivity contribution in [3.8, 4) is 0 Å². The normalized spacial score (nSPS) is 23.1. The van der Waals surface area contributed by atoms with Crippen LogP contribution in [0.4, 0.5) is 13.9 Å². The predicted octanol–water partition coefficient (Wildman–Crippen LogP) is 0.0564. The lowest BCUT2D eigenvalue weighted by atomic mass is 9.99.